The topological polar surface area (TPSA) is 125 Å². The van der Waals surface area contributed by atoms with Crippen LogP contribution in [-0.2, 0) is 19.2 Å². The van der Waals surface area contributed by atoms with Gasteiger partial charge in [0, 0.05) is 30.9 Å². The van der Waals surface area contributed by atoms with E-state index in [4.69, 9.17) is 4.74 Å². The van der Waals surface area contributed by atoms with E-state index in [1.165, 1.54) is 0 Å². The van der Waals surface area contributed by atoms with Gasteiger partial charge in [0.25, 0.3) is 0 Å². The van der Waals surface area contributed by atoms with Crippen LogP contribution in [-0.4, -0.2) is 56.2 Å². The standard InChI is InChI=1S/C20H28N8O2/c1-5-21-19(23-13-20(2,29)15-10-24-28(3)12-15)22-11-17-25-18(27-26-17)14-6-8-16(30-4)9-7-14/h6-10,12,29H,5,11,13H2,1-4H3,(H2,21,22,23)(H,25,26,27). The molecular formula is C20H28N8O2. The predicted octanol–water partition coefficient (Wildman–Crippen LogP) is 1.18. The molecule has 1 aromatic carbocycles. The molecule has 160 valence electrons. The van der Waals surface area contributed by atoms with Crippen LogP contribution in [0, 0.1) is 0 Å². The SMILES string of the molecule is CCNC(=NCc1nc(-c2ccc(OC)cc2)n[nH]1)NCC(C)(O)c1cnn(C)c1. The smallest absolute Gasteiger partial charge is 0.191 e. The highest BCUT2D eigenvalue weighted by molar-refractivity contribution is 5.79. The average molecular weight is 412 g/mol. The molecular weight excluding hydrogens is 384 g/mol. The quantitative estimate of drug-likeness (QED) is 0.323. The number of aryl methyl sites for hydroxylation is 1. The van der Waals surface area contributed by atoms with Gasteiger partial charge in [0.05, 0.1) is 19.9 Å². The van der Waals surface area contributed by atoms with Gasteiger partial charge in [-0.3, -0.25) is 9.78 Å². The minimum absolute atomic E-state index is 0.276. The van der Waals surface area contributed by atoms with Crippen molar-refractivity contribution in [2.24, 2.45) is 12.0 Å². The number of guanidine groups is 1. The van der Waals surface area contributed by atoms with Crippen LogP contribution in [0.2, 0.25) is 0 Å². The zero-order valence-electron chi connectivity index (χ0n) is 17.7. The lowest BCUT2D eigenvalue weighted by molar-refractivity contribution is 0.0616. The van der Waals surface area contributed by atoms with Crippen molar-refractivity contribution in [2.75, 3.05) is 20.2 Å². The number of aromatic nitrogens is 5. The molecule has 0 spiro atoms. The predicted molar refractivity (Wildman–Crippen MR) is 114 cm³/mol. The number of ether oxygens (including phenoxy) is 1. The number of benzene rings is 1. The number of hydrogen-bond acceptors (Lipinski definition) is 6. The molecule has 10 nitrogen and oxygen atoms in total. The first-order chi connectivity index (χ1) is 14.4. The summed E-state index contributed by atoms with van der Waals surface area (Å²) in [5.41, 5.74) is 0.533. The van der Waals surface area contributed by atoms with Crippen LogP contribution < -0.4 is 15.4 Å². The molecule has 3 rings (SSSR count). The number of aliphatic imine (C=N–C) groups is 1. The van der Waals surface area contributed by atoms with Gasteiger partial charge >= 0.3 is 0 Å². The Morgan fingerprint density at radius 3 is 2.70 bits per heavy atom. The van der Waals surface area contributed by atoms with Crippen molar-refractivity contribution in [3.8, 4) is 17.1 Å². The monoisotopic (exact) mass is 412 g/mol. The summed E-state index contributed by atoms with van der Waals surface area (Å²) in [6.45, 7) is 4.99. The fraction of sp³-hybridized carbons (Fsp3) is 0.400. The van der Waals surface area contributed by atoms with Gasteiger partial charge in [-0.25, -0.2) is 9.98 Å². The number of H-pyrrole nitrogens is 1. The first-order valence-electron chi connectivity index (χ1n) is 9.70. The van der Waals surface area contributed by atoms with Crippen LogP contribution in [0.25, 0.3) is 11.4 Å². The molecule has 0 radical (unpaired) electrons. The molecule has 0 saturated carbocycles. The molecule has 30 heavy (non-hydrogen) atoms. The molecule has 1 unspecified atom stereocenters. The van der Waals surface area contributed by atoms with Crippen LogP contribution >= 0.6 is 0 Å². The van der Waals surface area contributed by atoms with Gasteiger partial charge in [-0.05, 0) is 38.1 Å². The Labute approximate surface area is 175 Å². The summed E-state index contributed by atoms with van der Waals surface area (Å²) >= 11 is 0. The zero-order valence-corrected chi connectivity index (χ0v) is 17.7. The van der Waals surface area contributed by atoms with Gasteiger partial charge in [-0.15, -0.1) is 0 Å². The van der Waals surface area contributed by atoms with E-state index >= 15 is 0 Å². The Bertz CT molecular complexity index is 975. The molecule has 0 amide bonds. The molecule has 0 aliphatic rings. The number of aliphatic hydroxyl groups is 1. The van der Waals surface area contributed by atoms with Crippen LogP contribution in [0.3, 0.4) is 0 Å². The third kappa shape index (κ3) is 5.35. The number of nitrogens with one attached hydrogen (secondary N) is 3. The second-order valence-corrected chi connectivity index (χ2v) is 7.06. The lowest BCUT2D eigenvalue weighted by Crippen LogP contribution is -2.44. The number of rotatable bonds is 8. The first-order valence-corrected chi connectivity index (χ1v) is 9.70. The zero-order chi connectivity index (χ0) is 21.6. The van der Waals surface area contributed by atoms with Gasteiger partial charge in [0.2, 0.25) is 0 Å². The Hall–Kier alpha value is -3.40. The highest BCUT2D eigenvalue weighted by Crippen LogP contribution is 2.19. The maximum Gasteiger partial charge on any atom is 0.191 e. The van der Waals surface area contributed by atoms with E-state index in [1.54, 1.807) is 31.1 Å². The van der Waals surface area contributed by atoms with E-state index in [0.717, 1.165) is 16.9 Å². The van der Waals surface area contributed by atoms with Crippen molar-refractivity contribution < 1.29 is 9.84 Å². The number of nitrogens with zero attached hydrogens (tertiary/aromatic N) is 5. The van der Waals surface area contributed by atoms with E-state index < -0.39 is 5.60 Å². The van der Waals surface area contributed by atoms with Crippen LogP contribution in [0.1, 0.15) is 25.2 Å². The minimum atomic E-state index is -1.09. The number of aromatic amines is 1. The van der Waals surface area contributed by atoms with Gasteiger partial charge in [0.1, 0.15) is 23.7 Å². The summed E-state index contributed by atoms with van der Waals surface area (Å²) in [4.78, 5) is 9.03. The molecule has 2 aromatic heterocycles. The molecule has 0 bridgehead atoms. The molecule has 10 heteroatoms. The fourth-order valence-electron chi connectivity index (χ4n) is 2.79. The van der Waals surface area contributed by atoms with Crippen LogP contribution in [0.5, 0.6) is 5.75 Å². The highest BCUT2D eigenvalue weighted by Gasteiger charge is 2.25. The van der Waals surface area contributed by atoms with Crippen molar-refractivity contribution in [3.05, 3.63) is 48.0 Å². The summed E-state index contributed by atoms with van der Waals surface area (Å²) in [7, 11) is 3.44. The molecule has 0 aliphatic heterocycles. The lowest BCUT2D eigenvalue weighted by Gasteiger charge is -2.23. The summed E-state index contributed by atoms with van der Waals surface area (Å²) < 4.78 is 6.83. The highest BCUT2D eigenvalue weighted by atomic mass is 16.5. The summed E-state index contributed by atoms with van der Waals surface area (Å²) in [6.07, 6.45) is 3.45. The minimum Gasteiger partial charge on any atom is -0.497 e. The molecule has 0 aliphatic carbocycles. The van der Waals surface area contributed by atoms with E-state index in [-0.39, 0.29) is 6.54 Å². The maximum atomic E-state index is 10.7. The summed E-state index contributed by atoms with van der Waals surface area (Å²) in [6, 6.07) is 7.54. The largest absolute Gasteiger partial charge is 0.497 e. The maximum absolute atomic E-state index is 10.7. The van der Waals surface area contributed by atoms with Crippen molar-refractivity contribution in [1.29, 1.82) is 0 Å². The second kappa shape index (κ2) is 9.40. The molecule has 0 fully saturated rings. The Morgan fingerprint density at radius 1 is 1.30 bits per heavy atom. The lowest BCUT2D eigenvalue weighted by atomic mass is 10.00. The van der Waals surface area contributed by atoms with Crippen LogP contribution in [0.4, 0.5) is 0 Å². The van der Waals surface area contributed by atoms with Crippen molar-refractivity contribution in [1.82, 2.24) is 35.6 Å². The molecule has 2 heterocycles. The Morgan fingerprint density at radius 2 is 2.07 bits per heavy atom. The summed E-state index contributed by atoms with van der Waals surface area (Å²) in [5, 5.41) is 28.4. The Kier molecular flexibility index (Phi) is 6.68. The molecule has 0 saturated heterocycles. The second-order valence-electron chi connectivity index (χ2n) is 7.06. The Balaban J connectivity index is 1.63. The van der Waals surface area contributed by atoms with E-state index in [0.29, 0.717) is 30.7 Å². The molecule has 4 N–H and O–H groups in total. The van der Waals surface area contributed by atoms with Crippen molar-refractivity contribution >= 4 is 5.96 Å². The normalized spacial score (nSPS) is 13.7. The van der Waals surface area contributed by atoms with Gasteiger partial charge < -0.3 is 20.5 Å². The fourth-order valence-corrected chi connectivity index (χ4v) is 2.79. The van der Waals surface area contributed by atoms with Crippen molar-refractivity contribution in [3.63, 3.8) is 0 Å². The average Bonchev–Trinajstić information content (AvgIpc) is 3.40. The summed E-state index contributed by atoms with van der Waals surface area (Å²) in [5.74, 6) is 2.59. The van der Waals surface area contributed by atoms with Crippen LogP contribution in [0.15, 0.2) is 41.7 Å². The molecule has 1 atom stereocenters. The van der Waals surface area contributed by atoms with E-state index in [9.17, 15) is 5.11 Å². The van der Waals surface area contributed by atoms with Crippen molar-refractivity contribution in [2.45, 2.75) is 26.0 Å². The van der Waals surface area contributed by atoms with E-state index in [2.05, 4.69) is 35.9 Å². The van der Waals surface area contributed by atoms with Gasteiger partial charge in [0.15, 0.2) is 11.8 Å². The number of hydrogen-bond donors (Lipinski definition) is 4. The first kappa shape index (κ1) is 21.3. The van der Waals surface area contributed by atoms with Gasteiger partial charge in [-0.2, -0.15) is 10.2 Å². The third-order valence-electron chi connectivity index (χ3n) is 4.54. The number of methoxy groups -OCH3 is 1. The van der Waals surface area contributed by atoms with Gasteiger partial charge in [-0.1, -0.05) is 0 Å². The van der Waals surface area contributed by atoms with E-state index in [1.807, 2.05) is 38.2 Å². The molecule has 3 aromatic rings. The third-order valence-corrected chi connectivity index (χ3v) is 4.54.